The van der Waals surface area contributed by atoms with Gasteiger partial charge in [0.25, 0.3) is 0 Å². The molecule has 14 heavy (non-hydrogen) atoms. The molecular weight excluding hydrogens is 192 g/mol. The zero-order valence-electron chi connectivity index (χ0n) is 8.32. The number of carbonyl (C=O) groups is 1. The predicted octanol–water partition coefficient (Wildman–Crippen LogP) is 3.29. The van der Waals surface area contributed by atoms with Crippen LogP contribution in [0, 0.1) is 24.7 Å². The van der Waals surface area contributed by atoms with Gasteiger partial charge in [0.1, 0.15) is 0 Å². The highest BCUT2D eigenvalue weighted by molar-refractivity contribution is 7.10. The first-order valence-electron chi connectivity index (χ1n) is 5.33. The summed E-state index contributed by atoms with van der Waals surface area (Å²) in [4.78, 5) is 13.3. The molecule has 0 spiro atoms. The molecule has 2 fully saturated rings. The molecule has 0 radical (unpaired) electrons. The lowest BCUT2D eigenvalue weighted by Crippen LogP contribution is -2.11. The highest BCUT2D eigenvalue weighted by atomic mass is 32.1. The minimum atomic E-state index is 0.354. The van der Waals surface area contributed by atoms with Crippen molar-refractivity contribution < 1.29 is 4.79 Å². The van der Waals surface area contributed by atoms with Gasteiger partial charge in [-0.05, 0) is 44.1 Å². The number of aryl methyl sites for hydroxylation is 1. The van der Waals surface area contributed by atoms with Crippen LogP contribution >= 0.6 is 11.3 Å². The molecule has 2 aliphatic rings. The van der Waals surface area contributed by atoms with Crippen molar-refractivity contribution in [2.75, 3.05) is 0 Å². The number of carbonyl (C=O) groups excluding carboxylic acids is 1. The van der Waals surface area contributed by atoms with Gasteiger partial charge in [-0.2, -0.15) is 0 Å². The highest BCUT2D eigenvalue weighted by Gasteiger charge is 2.47. The van der Waals surface area contributed by atoms with E-state index in [0.717, 1.165) is 17.4 Å². The van der Waals surface area contributed by atoms with Gasteiger partial charge >= 0.3 is 0 Å². The molecule has 1 nitrogen and oxygen atoms in total. The largest absolute Gasteiger partial charge is 0.294 e. The van der Waals surface area contributed by atoms with Crippen LogP contribution in [0.15, 0.2) is 11.4 Å². The summed E-state index contributed by atoms with van der Waals surface area (Å²) in [5.41, 5.74) is 0.957. The van der Waals surface area contributed by atoms with Crippen molar-refractivity contribution in [1.29, 1.82) is 0 Å². The summed E-state index contributed by atoms with van der Waals surface area (Å²) in [7, 11) is 0. The monoisotopic (exact) mass is 206 g/mol. The standard InChI is InChI=1S/C12H14OS/c1-7-2-11(6-14-7)12(13)10-4-8-3-9(8)5-10/h2,6,8-10H,3-5H2,1H3. The molecule has 1 aromatic heterocycles. The van der Waals surface area contributed by atoms with Gasteiger partial charge in [0.2, 0.25) is 0 Å². The normalized spacial score (nSPS) is 34.2. The summed E-state index contributed by atoms with van der Waals surface area (Å²) in [6, 6.07) is 2.04. The molecule has 0 aromatic carbocycles. The molecule has 0 aliphatic heterocycles. The second-order valence-electron chi connectivity index (χ2n) is 4.73. The van der Waals surface area contributed by atoms with Crippen molar-refractivity contribution in [1.82, 2.24) is 0 Å². The molecule has 1 heterocycles. The first-order chi connectivity index (χ1) is 6.74. The van der Waals surface area contributed by atoms with Crippen molar-refractivity contribution in [2.24, 2.45) is 17.8 Å². The molecule has 2 unspecified atom stereocenters. The summed E-state index contributed by atoms with van der Waals surface area (Å²) in [5.74, 6) is 2.57. The van der Waals surface area contributed by atoms with Crippen LogP contribution in [-0.4, -0.2) is 5.78 Å². The van der Waals surface area contributed by atoms with Gasteiger partial charge in [-0.1, -0.05) is 0 Å². The number of Topliss-reactive ketones (excluding diaryl/α,β-unsaturated/α-hetero) is 1. The number of thiophene rings is 1. The van der Waals surface area contributed by atoms with Crippen molar-refractivity contribution in [3.8, 4) is 0 Å². The summed E-state index contributed by atoms with van der Waals surface area (Å²) >= 11 is 1.68. The summed E-state index contributed by atoms with van der Waals surface area (Å²) in [6.45, 7) is 2.06. The molecule has 2 atom stereocenters. The van der Waals surface area contributed by atoms with E-state index < -0.39 is 0 Å². The fraction of sp³-hybridized carbons (Fsp3) is 0.583. The number of hydrogen-bond donors (Lipinski definition) is 0. The molecule has 0 N–H and O–H groups in total. The lowest BCUT2D eigenvalue weighted by atomic mass is 9.95. The first-order valence-corrected chi connectivity index (χ1v) is 6.21. The van der Waals surface area contributed by atoms with E-state index in [1.807, 2.05) is 11.4 Å². The Kier molecular flexibility index (Phi) is 1.81. The lowest BCUT2D eigenvalue weighted by molar-refractivity contribution is 0.0915. The minimum Gasteiger partial charge on any atom is -0.294 e. The Labute approximate surface area is 88.1 Å². The quantitative estimate of drug-likeness (QED) is 0.679. The van der Waals surface area contributed by atoms with Crippen LogP contribution < -0.4 is 0 Å². The third kappa shape index (κ3) is 1.33. The van der Waals surface area contributed by atoms with Gasteiger partial charge < -0.3 is 0 Å². The van der Waals surface area contributed by atoms with Crippen molar-refractivity contribution in [3.63, 3.8) is 0 Å². The smallest absolute Gasteiger partial charge is 0.166 e. The third-order valence-corrected chi connectivity index (χ3v) is 4.49. The minimum absolute atomic E-state index is 0.354. The maximum atomic E-state index is 12.0. The summed E-state index contributed by atoms with van der Waals surface area (Å²) < 4.78 is 0. The van der Waals surface area contributed by atoms with E-state index in [0.29, 0.717) is 11.7 Å². The average molecular weight is 206 g/mol. The van der Waals surface area contributed by atoms with E-state index >= 15 is 0 Å². The van der Waals surface area contributed by atoms with Crippen molar-refractivity contribution in [3.05, 3.63) is 21.9 Å². The zero-order chi connectivity index (χ0) is 9.71. The fourth-order valence-corrected chi connectivity index (χ4v) is 3.43. The Morgan fingerprint density at radius 2 is 2.07 bits per heavy atom. The molecule has 2 heteroatoms. The molecular formula is C12H14OS. The Morgan fingerprint density at radius 3 is 2.64 bits per heavy atom. The number of fused-ring (bicyclic) bond motifs is 1. The highest BCUT2D eigenvalue weighted by Crippen LogP contribution is 2.54. The van der Waals surface area contributed by atoms with Crippen LogP contribution in [0.2, 0.25) is 0 Å². The van der Waals surface area contributed by atoms with E-state index in [1.54, 1.807) is 11.3 Å². The van der Waals surface area contributed by atoms with Crippen LogP contribution in [0.3, 0.4) is 0 Å². The van der Waals surface area contributed by atoms with E-state index in [-0.39, 0.29) is 0 Å². The lowest BCUT2D eigenvalue weighted by Gasteiger charge is -2.08. The van der Waals surface area contributed by atoms with E-state index in [1.165, 1.54) is 24.1 Å². The van der Waals surface area contributed by atoms with Crippen LogP contribution in [-0.2, 0) is 0 Å². The van der Waals surface area contributed by atoms with Crippen molar-refractivity contribution >= 4 is 17.1 Å². The van der Waals surface area contributed by atoms with E-state index in [9.17, 15) is 4.79 Å². The molecule has 0 bridgehead atoms. The second-order valence-corrected chi connectivity index (χ2v) is 5.85. The Balaban J connectivity index is 1.76. The van der Waals surface area contributed by atoms with Crippen LogP contribution in [0.4, 0.5) is 0 Å². The number of hydrogen-bond acceptors (Lipinski definition) is 2. The Morgan fingerprint density at radius 1 is 1.36 bits per heavy atom. The molecule has 3 rings (SSSR count). The van der Waals surface area contributed by atoms with Gasteiger partial charge in [-0.25, -0.2) is 0 Å². The van der Waals surface area contributed by atoms with Gasteiger partial charge in [-0.15, -0.1) is 11.3 Å². The van der Waals surface area contributed by atoms with Crippen molar-refractivity contribution in [2.45, 2.75) is 26.2 Å². The average Bonchev–Trinajstić information content (AvgIpc) is 2.64. The summed E-state index contributed by atoms with van der Waals surface area (Å²) in [6.07, 6.45) is 3.73. The molecule has 2 saturated carbocycles. The van der Waals surface area contributed by atoms with Gasteiger partial charge in [0.05, 0.1) is 0 Å². The van der Waals surface area contributed by atoms with Crippen LogP contribution in [0.5, 0.6) is 0 Å². The molecule has 0 amide bonds. The second kappa shape index (κ2) is 2.93. The topological polar surface area (TPSA) is 17.1 Å². The zero-order valence-corrected chi connectivity index (χ0v) is 9.14. The van der Waals surface area contributed by atoms with Gasteiger partial charge in [-0.3, -0.25) is 4.79 Å². The maximum Gasteiger partial charge on any atom is 0.166 e. The maximum absolute atomic E-state index is 12.0. The molecule has 1 aromatic rings. The van der Waals surface area contributed by atoms with Gasteiger partial charge in [0.15, 0.2) is 5.78 Å². The van der Waals surface area contributed by atoms with Gasteiger partial charge in [0, 0.05) is 21.7 Å². The van der Waals surface area contributed by atoms with E-state index in [2.05, 4.69) is 6.92 Å². The Bertz CT molecular complexity index is 369. The summed E-state index contributed by atoms with van der Waals surface area (Å²) in [5, 5.41) is 2.02. The van der Waals surface area contributed by atoms with Crippen LogP contribution in [0.1, 0.15) is 34.5 Å². The molecule has 74 valence electrons. The number of rotatable bonds is 2. The molecule has 0 saturated heterocycles. The Hall–Kier alpha value is -0.630. The first kappa shape index (κ1) is 8.66. The SMILES string of the molecule is Cc1cc(C(=O)C2CC3CC3C2)cs1. The fourth-order valence-electron chi connectivity index (χ4n) is 2.74. The number of ketones is 1. The predicted molar refractivity (Wildman–Crippen MR) is 57.7 cm³/mol. The van der Waals surface area contributed by atoms with E-state index in [4.69, 9.17) is 0 Å². The molecule has 2 aliphatic carbocycles. The van der Waals surface area contributed by atoms with Crippen LogP contribution in [0.25, 0.3) is 0 Å². The third-order valence-electron chi connectivity index (χ3n) is 3.63.